The number of hydrogen-bond donors (Lipinski definition) is 0. The number of terminal acetylenes is 1. The molecule has 0 spiro atoms. The molecule has 0 fully saturated rings. The third kappa shape index (κ3) is 3.31. The number of rotatable bonds is 3. The Kier molecular flexibility index (Phi) is 4.65. The number of nitro groups is 1. The van der Waals surface area contributed by atoms with Crippen LogP contribution in [0.5, 0.6) is 0 Å². The molecule has 2 aromatic carbocycles. The summed E-state index contributed by atoms with van der Waals surface area (Å²) in [6, 6.07) is 11.0. The van der Waals surface area contributed by atoms with Gasteiger partial charge in [0.05, 0.1) is 21.7 Å². The van der Waals surface area contributed by atoms with E-state index in [0.29, 0.717) is 9.82 Å². The number of hydrogen-bond acceptors (Lipinski definition) is 4. The molecular weight excluding hydrogens is 362 g/mol. The van der Waals surface area contributed by atoms with Crippen LogP contribution in [0.4, 0.5) is 5.69 Å². The third-order valence-electron chi connectivity index (χ3n) is 3.42. The number of carbonyl (C=O) groups is 1. The minimum absolute atomic E-state index is 0.0738. The Morgan fingerprint density at radius 3 is 2.84 bits per heavy atom. The molecule has 0 aliphatic rings. The summed E-state index contributed by atoms with van der Waals surface area (Å²) in [5.41, 5.74) is 0.431. The van der Waals surface area contributed by atoms with Gasteiger partial charge in [-0.05, 0) is 24.3 Å². The molecule has 3 aromatic rings. The van der Waals surface area contributed by atoms with Gasteiger partial charge in [-0.25, -0.2) is 0 Å². The number of carbonyl (C=O) groups excluding carboxylic acids is 1. The second-order valence-electron chi connectivity index (χ2n) is 4.98. The summed E-state index contributed by atoms with van der Waals surface area (Å²) in [6.45, 7) is 0.213. The van der Waals surface area contributed by atoms with E-state index in [-0.39, 0.29) is 17.8 Å². The molecule has 124 valence electrons. The Morgan fingerprint density at radius 1 is 1.36 bits per heavy atom. The van der Waals surface area contributed by atoms with Crippen LogP contribution in [-0.2, 0) is 6.54 Å². The molecule has 25 heavy (non-hydrogen) atoms. The molecule has 6 nitrogen and oxygen atoms in total. The highest BCUT2D eigenvalue weighted by atomic mass is 35.5. The SMILES string of the molecule is C#CCn1c(=NC(=O)c2ccccc2[N+](=O)[O-])sc2cc(Cl)ccc21. The molecule has 0 radical (unpaired) electrons. The number of halogens is 1. The maximum atomic E-state index is 12.5. The minimum atomic E-state index is -0.698. The minimum Gasteiger partial charge on any atom is -0.305 e. The predicted molar refractivity (Wildman–Crippen MR) is 96.6 cm³/mol. The van der Waals surface area contributed by atoms with Gasteiger partial charge in [0.25, 0.3) is 11.6 Å². The number of para-hydroxylation sites is 1. The summed E-state index contributed by atoms with van der Waals surface area (Å²) in [7, 11) is 0. The van der Waals surface area contributed by atoms with Crippen LogP contribution in [0.25, 0.3) is 10.2 Å². The second-order valence-corrected chi connectivity index (χ2v) is 6.42. The van der Waals surface area contributed by atoms with Gasteiger partial charge in [-0.1, -0.05) is 41.0 Å². The molecule has 3 rings (SSSR count). The zero-order valence-corrected chi connectivity index (χ0v) is 14.3. The first-order valence-corrected chi connectivity index (χ1v) is 8.25. The summed E-state index contributed by atoms with van der Waals surface area (Å²) in [4.78, 5) is 27.4. The molecule has 0 atom stereocenters. The molecule has 0 saturated carbocycles. The highest BCUT2D eigenvalue weighted by Gasteiger charge is 2.19. The monoisotopic (exact) mass is 371 g/mol. The first kappa shape index (κ1) is 16.9. The van der Waals surface area contributed by atoms with Crippen LogP contribution in [0.2, 0.25) is 5.02 Å². The number of benzene rings is 2. The zero-order valence-electron chi connectivity index (χ0n) is 12.7. The van der Waals surface area contributed by atoms with Gasteiger partial charge >= 0.3 is 0 Å². The van der Waals surface area contributed by atoms with Gasteiger partial charge < -0.3 is 4.57 Å². The molecular formula is C17H10ClN3O3S. The Balaban J connectivity index is 2.19. The Bertz CT molecular complexity index is 1110. The van der Waals surface area contributed by atoms with Crippen LogP contribution in [0.15, 0.2) is 47.5 Å². The van der Waals surface area contributed by atoms with Crippen molar-refractivity contribution in [1.82, 2.24) is 4.57 Å². The molecule has 8 heteroatoms. The maximum Gasteiger partial charge on any atom is 0.286 e. The topological polar surface area (TPSA) is 77.5 Å². The average Bonchev–Trinajstić information content (AvgIpc) is 2.91. The lowest BCUT2D eigenvalue weighted by Gasteiger charge is -2.00. The van der Waals surface area contributed by atoms with Crippen LogP contribution in [0.1, 0.15) is 10.4 Å². The fourth-order valence-electron chi connectivity index (χ4n) is 2.34. The summed E-state index contributed by atoms with van der Waals surface area (Å²) in [6.07, 6.45) is 5.41. The van der Waals surface area contributed by atoms with Gasteiger partial charge in [-0.3, -0.25) is 14.9 Å². The Morgan fingerprint density at radius 2 is 2.12 bits per heavy atom. The van der Waals surface area contributed by atoms with Crippen molar-refractivity contribution < 1.29 is 9.72 Å². The summed E-state index contributed by atoms with van der Waals surface area (Å²) >= 11 is 7.24. The standard InChI is InChI=1S/C17H10ClN3O3S/c1-2-9-20-14-8-7-11(18)10-15(14)25-17(20)19-16(22)12-5-3-4-6-13(12)21(23)24/h1,3-8,10H,9H2. The van der Waals surface area contributed by atoms with E-state index in [4.69, 9.17) is 18.0 Å². The highest BCUT2D eigenvalue weighted by Crippen LogP contribution is 2.22. The van der Waals surface area contributed by atoms with Crippen molar-refractivity contribution in [2.45, 2.75) is 6.54 Å². The summed E-state index contributed by atoms with van der Waals surface area (Å²) in [5.74, 6) is 1.82. The van der Waals surface area contributed by atoms with Gasteiger partial charge in [-0.2, -0.15) is 4.99 Å². The van der Waals surface area contributed by atoms with Crippen molar-refractivity contribution in [2.24, 2.45) is 4.99 Å². The van der Waals surface area contributed by atoms with Gasteiger partial charge in [0.2, 0.25) is 0 Å². The predicted octanol–water partition coefficient (Wildman–Crippen LogP) is 3.64. The molecule has 0 bridgehead atoms. The van der Waals surface area contributed by atoms with Crippen LogP contribution in [0, 0.1) is 22.5 Å². The fraction of sp³-hybridized carbons (Fsp3) is 0.0588. The Labute approximate surface area is 151 Å². The van der Waals surface area contributed by atoms with Crippen LogP contribution < -0.4 is 4.80 Å². The van der Waals surface area contributed by atoms with Gasteiger partial charge in [-0.15, -0.1) is 6.42 Å². The summed E-state index contributed by atoms with van der Waals surface area (Å²) in [5, 5.41) is 11.6. The van der Waals surface area contributed by atoms with Crippen molar-refractivity contribution in [3.8, 4) is 12.3 Å². The van der Waals surface area contributed by atoms with E-state index in [1.807, 2.05) is 0 Å². The fourth-order valence-corrected chi connectivity index (χ4v) is 3.64. The van der Waals surface area contributed by atoms with E-state index in [2.05, 4.69) is 10.9 Å². The number of aromatic nitrogens is 1. The maximum absolute atomic E-state index is 12.5. The van der Waals surface area contributed by atoms with E-state index in [9.17, 15) is 14.9 Å². The quantitative estimate of drug-likeness (QED) is 0.400. The lowest BCUT2D eigenvalue weighted by Crippen LogP contribution is -2.16. The molecule has 1 heterocycles. The highest BCUT2D eigenvalue weighted by molar-refractivity contribution is 7.16. The van der Waals surface area contributed by atoms with E-state index in [0.717, 1.165) is 10.2 Å². The summed E-state index contributed by atoms with van der Waals surface area (Å²) < 4.78 is 2.51. The van der Waals surface area contributed by atoms with Crippen molar-refractivity contribution in [2.75, 3.05) is 0 Å². The smallest absolute Gasteiger partial charge is 0.286 e. The molecule has 0 N–H and O–H groups in total. The van der Waals surface area contributed by atoms with E-state index in [1.54, 1.807) is 28.8 Å². The first-order valence-electron chi connectivity index (χ1n) is 7.06. The number of thiazole rings is 1. The van der Waals surface area contributed by atoms with E-state index >= 15 is 0 Å². The van der Waals surface area contributed by atoms with Crippen LogP contribution >= 0.6 is 22.9 Å². The van der Waals surface area contributed by atoms with E-state index in [1.165, 1.54) is 29.5 Å². The molecule has 0 saturated heterocycles. The number of fused-ring (bicyclic) bond motifs is 1. The zero-order chi connectivity index (χ0) is 18.0. The van der Waals surface area contributed by atoms with Crippen LogP contribution in [-0.4, -0.2) is 15.4 Å². The second kappa shape index (κ2) is 6.89. The first-order chi connectivity index (χ1) is 12.0. The van der Waals surface area contributed by atoms with Crippen LogP contribution in [0.3, 0.4) is 0 Å². The average molecular weight is 372 g/mol. The normalized spacial score (nSPS) is 11.4. The van der Waals surface area contributed by atoms with E-state index < -0.39 is 10.8 Å². The van der Waals surface area contributed by atoms with Gasteiger partial charge in [0, 0.05) is 11.1 Å². The number of nitro benzene ring substituents is 1. The van der Waals surface area contributed by atoms with Crippen molar-refractivity contribution in [3.63, 3.8) is 0 Å². The third-order valence-corrected chi connectivity index (χ3v) is 4.70. The molecule has 0 aliphatic carbocycles. The van der Waals surface area contributed by atoms with Crippen molar-refractivity contribution in [3.05, 3.63) is 68.0 Å². The van der Waals surface area contributed by atoms with Gasteiger partial charge in [0.15, 0.2) is 4.80 Å². The van der Waals surface area contributed by atoms with Crippen molar-refractivity contribution in [1.29, 1.82) is 0 Å². The molecule has 0 aliphatic heterocycles. The number of nitrogens with zero attached hydrogens (tertiary/aromatic N) is 3. The molecule has 0 unspecified atom stereocenters. The Hall–Kier alpha value is -2.95. The number of amides is 1. The molecule has 1 aromatic heterocycles. The van der Waals surface area contributed by atoms with Gasteiger partial charge in [0.1, 0.15) is 5.56 Å². The lowest BCUT2D eigenvalue weighted by atomic mass is 10.2. The largest absolute Gasteiger partial charge is 0.305 e. The lowest BCUT2D eigenvalue weighted by molar-refractivity contribution is -0.385. The molecule has 1 amide bonds. The van der Waals surface area contributed by atoms with Crippen molar-refractivity contribution >= 4 is 44.7 Å².